The second-order valence-corrected chi connectivity index (χ2v) is 4.30. The lowest BCUT2D eigenvalue weighted by Gasteiger charge is -2.19. The molecule has 0 bridgehead atoms. The van der Waals surface area contributed by atoms with Crippen LogP contribution in [-0.4, -0.2) is 26.7 Å². The van der Waals surface area contributed by atoms with Crippen molar-refractivity contribution in [2.45, 2.75) is 25.9 Å². The Bertz CT molecular complexity index is 355. The van der Waals surface area contributed by atoms with Crippen molar-refractivity contribution in [3.8, 4) is 5.75 Å². The van der Waals surface area contributed by atoms with Crippen molar-refractivity contribution in [1.82, 2.24) is 10.6 Å². The van der Waals surface area contributed by atoms with Crippen molar-refractivity contribution in [3.05, 3.63) is 29.6 Å². The van der Waals surface area contributed by atoms with E-state index < -0.39 is 0 Å². The van der Waals surface area contributed by atoms with E-state index in [-0.39, 0.29) is 17.6 Å². The van der Waals surface area contributed by atoms with E-state index in [9.17, 15) is 4.39 Å². The monoisotopic (exact) mass is 240 g/mol. The van der Waals surface area contributed by atoms with Gasteiger partial charge < -0.3 is 15.4 Å². The van der Waals surface area contributed by atoms with Crippen LogP contribution < -0.4 is 15.4 Å². The molecule has 1 unspecified atom stereocenters. The van der Waals surface area contributed by atoms with Gasteiger partial charge in [0.2, 0.25) is 0 Å². The van der Waals surface area contributed by atoms with Crippen LogP contribution >= 0.6 is 0 Å². The Labute approximate surface area is 102 Å². The van der Waals surface area contributed by atoms with Gasteiger partial charge in [0.05, 0.1) is 7.11 Å². The summed E-state index contributed by atoms with van der Waals surface area (Å²) in [6, 6.07) is 5.56. The highest BCUT2D eigenvalue weighted by atomic mass is 19.1. The largest absolute Gasteiger partial charge is 0.494 e. The van der Waals surface area contributed by atoms with E-state index in [2.05, 4.69) is 24.5 Å². The molecule has 2 N–H and O–H groups in total. The third kappa shape index (κ3) is 3.98. The van der Waals surface area contributed by atoms with E-state index in [0.717, 1.165) is 12.1 Å². The summed E-state index contributed by atoms with van der Waals surface area (Å²) in [5.74, 6) is -0.0461. The van der Waals surface area contributed by atoms with Crippen molar-refractivity contribution in [1.29, 1.82) is 0 Å². The van der Waals surface area contributed by atoms with Crippen molar-refractivity contribution in [2.75, 3.05) is 20.7 Å². The maximum atomic E-state index is 13.6. The smallest absolute Gasteiger partial charge is 0.165 e. The minimum Gasteiger partial charge on any atom is -0.494 e. The number of benzene rings is 1. The normalized spacial score (nSPS) is 12.8. The van der Waals surface area contributed by atoms with Crippen LogP contribution in [0.3, 0.4) is 0 Å². The molecule has 0 saturated carbocycles. The van der Waals surface area contributed by atoms with E-state index in [1.54, 1.807) is 6.07 Å². The first-order valence-electron chi connectivity index (χ1n) is 5.82. The van der Waals surface area contributed by atoms with Crippen LogP contribution in [0.2, 0.25) is 0 Å². The highest BCUT2D eigenvalue weighted by molar-refractivity contribution is 5.31. The molecule has 17 heavy (non-hydrogen) atoms. The number of ether oxygens (including phenoxy) is 1. The van der Waals surface area contributed by atoms with Gasteiger partial charge in [-0.2, -0.15) is 0 Å². The highest BCUT2D eigenvalue weighted by Gasteiger charge is 2.12. The van der Waals surface area contributed by atoms with Crippen molar-refractivity contribution >= 4 is 0 Å². The first kappa shape index (κ1) is 13.9. The van der Waals surface area contributed by atoms with Gasteiger partial charge in [0, 0.05) is 18.6 Å². The Morgan fingerprint density at radius 2 is 2.06 bits per heavy atom. The average molecular weight is 240 g/mol. The Morgan fingerprint density at radius 3 is 2.53 bits per heavy atom. The van der Waals surface area contributed by atoms with Gasteiger partial charge in [-0.1, -0.05) is 19.9 Å². The molecule has 4 heteroatoms. The third-order valence-electron chi connectivity index (χ3n) is 2.66. The van der Waals surface area contributed by atoms with E-state index in [0.29, 0.717) is 6.04 Å². The van der Waals surface area contributed by atoms with Crippen LogP contribution in [0, 0.1) is 5.82 Å². The maximum Gasteiger partial charge on any atom is 0.165 e. The standard InChI is InChI=1S/C13H21FN2O/c1-9(2)16-8-12(15-3)10-5-6-13(17-4)11(14)7-10/h5-7,9,12,15-16H,8H2,1-4H3. The molecule has 3 nitrogen and oxygen atoms in total. The molecule has 1 atom stereocenters. The molecule has 0 fully saturated rings. The summed E-state index contributed by atoms with van der Waals surface area (Å²) in [5, 5.41) is 6.50. The van der Waals surface area contributed by atoms with Gasteiger partial charge in [0.15, 0.2) is 11.6 Å². The molecule has 0 saturated heterocycles. The zero-order valence-electron chi connectivity index (χ0n) is 10.9. The Balaban J connectivity index is 2.78. The number of rotatable bonds is 6. The highest BCUT2D eigenvalue weighted by Crippen LogP contribution is 2.21. The molecule has 96 valence electrons. The maximum absolute atomic E-state index is 13.6. The molecule has 1 aromatic rings. The van der Waals surface area contributed by atoms with E-state index in [1.165, 1.54) is 13.2 Å². The van der Waals surface area contributed by atoms with E-state index in [4.69, 9.17) is 4.74 Å². The minimum atomic E-state index is -0.324. The van der Waals surface area contributed by atoms with Crippen molar-refractivity contribution in [2.24, 2.45) is 0 Å². The van der Waals surface area contributed by atoms with Crippen LogP contribution in [0.4, 0.5) is 4.39 Å². The van der Waals surface area contributed by atoms with Crippen molar-refractivity contribution in [3.63, 3.8) is 0 Å². The number of nitrogens with one attached hydrogen (secondary N) is 2. The molecule has 1 rings (SSSR count). The first-order chi connectivity index (χ1) is 8.08. The Morgan fingerprint density at radius 1 is 1.35 bits per heavy atom. The van der Waals surface area contributed by atoms with Gasteiger partial charge in [-0.15, -0.1) is 0 Å². The predicted molar refractivity (Wildman–Crippen MR) is 67.9 cm³/mol. The van der Waals surface area contributed by atoms with Gasteiger partial charge in [0.25, 0.3) is 0 Å². The fourth-order valence-electron chi connectivity index (χ4n) is 1.64. The number of halogens is 1. The van der Waals surface area contributed by atoms with Crippen LogP contribution in [0.25, 0.3) is 0 Å². The lowest BCUT2D eigenvalue weighted by Crippen LogP contribution is -2.33. The van der Waals surface area contributed by atoms with E-state index >= 15 is 0 Å². The molecule has 0 radical (unpaired) electrons. The SMILES string of the molecule is CNC(CNC(C)C)c1ccc(OC)c(F)c1. The number of hydrogen-bond donors (Lipinski definition) is 2. The number of methoxy groups -OCH3 is 1. The quantitative estimate of drug-likeness (QED) is 0.799. The number of likely N-dealkylation sites (N-methyl/N-ethyl adjacent to an activating group) is 1. The second-order valence-electron chi connectivity index (χ2n) is 4.30. The Hall–Kier alpha value is -1.13. The predicted octanol–water partition coefficient (Wildman–Crippen LogP) is 2.09. The molecule has 0 aromatic heterocycles. The molecule has 0 aliphatic heterocycles. The van der Waals surface area contributed by atoms with Crippen LogP contribution in [-0.2, 0) is 0 Å². The minimum absolute atomic E-state index is 0.0952. The summed E-state index contributed by atoms with van der Waals surface area (Å²) in [6.07, 6.45) is 0. The lowest BCUT2D eigenvalue weighted by atomic mass is 10.1. The fraction of sp³-hybridized carbons (Fsp3) is 0.538. The second kappa shape index (κ2) is 6.57. The summed E-state index contributed by atoms with van der Waals surface area (Å²) in [6.45, 7) is 4.93. The third-order valence-corrected chi connectivity index (χ3v) is 2.66. The van der Waals surface area contributed by atoms with Gasteiger partial charge in [-0.3, -0.25) is 0 Å². The zero-order chi connectivity index (χ0) is 12.8. The van der Waals surface area contributed by atoms with Crippen molar-refractivity contribution < 1.29 is 9.13 Å². The molecule has 1 aromatic carbocycles. The fourth-order valence-corrected chi connectivity index (χ4v) is 1.64. The van der Waals surface area contributed by atoms with Gasteiger partial charge in [0.1, 0.15) is 0 Å². The molecular weight excluding hydrogens is 219 g/mol. The number of hydrogen-bond acceptors (Lipinski definition) is 3. The Kier molecular flexibility index (Phi) is 5.38. The molecule has 0 heterocycles. The topological polar surface area (TPSA) is 33.3 Å². The summed E-state index contributed by atoms with van der Waals surface area (Å²) in [5.41, 5.74) is 0.916. The summed E-state index contributed by atoms with van der Waals surface area (Å²) < 4.78 is 18.5. The molecule has 0 amide bonds. The molecule has 0 aliphatic rings. The van der Waals surface area contributed by atoms with Gasteiger partial charge in [-0.25, -0.2) is 4.39 Å². The molecule has 0 aliphatic carbocycles. The molecular formula is C13H21FN2O. The first-order valence-corrected chi connectivity index (χ1v) is 5.82. The summed E-state index contributed by atoms with van der Waals surface area (Å²) in [7, 11) is 3.34. The summed E-state index contributed by atoms with van der Waals surface area (Å²) in [4.78, 5) is 0. The van der Waals surface area contributed by atoms with Crippen LogP contribution in [0.1, 0.15) is 25.5 Å². The van der Waals surface area contributed by atoms with Crippen LogP contribution in [0.15, 0.2) is 18.2 Å². The van der Waals surface area contributed by atoms with Gasteiger partial charge in [-0.05, 0) is 24.7 Å². The van der Waals surface area contributed by atoms with Crippen LogP contribution in [0.5, 0.6) is 5.75 Å². The molecule has 0 spiro atoms. The zero-order valence-corrected chi connectivity index (χ0v) is 10.9. The van der Waals surface area contributed by atoms with Gasteiger partial charge >= 0.3 is 0 Å². The lowest BCUT2D eigenvalue weighted by molar-refractivity contribution is 0.385. The average Bonchev–Trinajstić information content (AvgIpc) is 2.29. The van der Waals surface area contributed by atoms with E-state index in [1.807, 2.05) is 13.1 Å². The summed E-state index contributed by atoms with van der Waals surface area (Å²) >= 11 is 0.